The molecular formula is C14H12Br2O. The topological polar surface area (TPSA) is 20.2 Å². The Morgan fingerprint density at radius 1 is 1.00 bits per heavy atom. The summed E-state index contributed by atoms with van der Waals surface area (Å²) in [7, 11) is 0. The molecule has 0 aliphatic rings. The van der Waals surface area contributed by atoms with Gasteiger partial charge in [-0.1, -0.05) is 62.2 Å². The zero-order chi connectivity index (χ0) is 12.3. The standard InChI is InChI=1S/C14H12Br2O/c15-11-6-7-13(16)12(9-11)14(17)8-10-4-2-1-3-5-10/h1-7,9,14,17H,8H2. The molecule has 0 aromatic heterocycles. The molecule has 1 unspecified atom stereocenters. The van der Waals surface area contributed by atoms with E-state index in [2.05, 4.69) is 31.9 Å². The highest BCUT2D eigenvalue weighted by Crippen LogP contribution is 2.28. The summed E-state index contributed by atoms with van der Waals surface area (Å²) in [5.74, 6) is 0. The number of aliphatic hydroxyl groups is 1. The molecule has 0 bridgehead atoms. The highest BCUT2D eigenvalue weighted by atomic mass is 79.9. The first-order valence-corrected chi connectivity index (χ1v) is 6.92. The van der Waals surface area contributed by atoms with Crippen molar-refractivity contribution in [2.45, 2.75) is 12.5 Å². The van der Waals surface area contributed by atoms with Crippen LogP contribution in [0.2, 0.25) is 0 Å². The van der Waals surface area contributed by atoms with Gasteiger partial charge in [0.2, 0.25) is 0 Å². The fraction of sp³-hybridized carbons (Fsp3) is 0.143. The van der Waals surface area contributed by atoms with Crippen LogP contribution in [0.1, 0.15) is 17.2 Å². The molecule has 0 saturated carbocycles. The Morgan fingerprint density at radius 2 is 1.71 bits per heavy atom. The number of halogens is 2. The van der Waals surface area contributed by atoms with Crippen molar-refractivity contribution >= 4 is 31.9 Å². The fourth-order valence-corrected chi connectivity index (χ4v) is 2.61. The monoisotopic (exact) mass is 354 g/mol. The van der Waals surface area contributed by atoms with Crippen LogP contribution in [-0.4, -0.2) is 5.11 Å². The minimum absolute atomic E-state index is 0.496. The van der Waals surface area contributed by atoms with E-state index in [4.69, 9.17) is 0 Å². The first-order chi connectivity index (χ1) is 8.16. The largest absolute Gasteiger partial charge is 0.388 e. The normalized spacial score (nSPS) is 12.4. The van der Waals surface area contributed by atoms with Crippen LogP contribution in [0.5, 0.6) is 0 Å². The molecule has 0 aliphatic carbocycles. The second-order valence-electron chi connectivity index (χ2n) is 3.87. The predicted molar refractivity (Wildman–Crippen MR) is 76.9 cm³/mol. The third kappa shape index (κ3) is 3.41. The summed E-state index contributed by atoms with van der Waals surface area (Å²) in [6, 6.07) is 15.8. The number of hydrogen-bond donors (Lipinski definition) is 1. The molecule has 0 amide bonds. The summed E-state index contributed by atoms with van der Waals surface area (Å²) in [6.45, 7) is 0. The van der Waals surface area contributed by atoms with Crippen molar-refractivity contribution < 1.29 is 5.11 Å². The van der Waals surface area contributed by atoms with Gasteiger partial charge in [-0.25, -0.2) is 0 Å². The summed E-state index contributed by atoms with van der Waals surface area (Å²) in [5, 5.41) is 10.2. The minimum atomic E-state index is -0.496. The molecule has 0 fully saturated rings. The number of hydrogen-bond acceptors (Lipinski definition) is 1. The van der Waals surface area contributed by atoms with Gasteiger partial charge in [0, 0.05) is 15.4 Å². The number of benzene rings is 2. The van der Waals surface area contributed by atoms with Crippen molar-refractivity contribution in [3.05, 3.63) is 68.6 Å². The number of rotatable bonds is 3. The van der Waals surface area contributed by atoms with Gasteiger partial charge in [0.05, 0.1) is 6.10 Å². The number of aliphatic hydroxyl groups excluding tert-OH is 1. The van der Waals surface area contributed by atoms with E-state index in [1.54, 1.807) is 0 Å². The lowest BCUT2D eigenvalue weighted by atomic mass is 10.0. The molecule has 1 nitrogen and oxygen atoms in total. The van der Waals surface area contributed by atoms with Crippen LogP contribution in [0.25, 0.3) is 0 Å². The van der Waals surface area contributed by atoms with Gasteiger partial charge in [-0.2, -0.15) is 0 Å². The lowest BCUT2D eigenvalue weighted by Crippen LogP contribution is -2.02. The predicted octanol–water partition coefficient (Wildman–Crippen LogP) is 4.49. The van der Waals surface area contributed by atoms with E-state index in [0.29, 0.717) is 6.42 Å². The molecule has 1 atom stereocenters. The summed E-state index contributed by atoms with van der Waals surface area (Å²) in [5.41, 5.74) is 2.04. The highest BCUT2D eigenvalue weighted by molar-refractivity contribution is 9.11. The van der Waals surface area contributed by atoms with Crippen molar-refractivity contribution in [3.63, 3.8) is 0 Å². The molecule has 0 saturated heterocycles. The second kappa shape index (κ2) is 5.80. The van der Waals surface area contributed by atoms with Crippen LogP contribution in [0, 0.1) is 0 Å². The van der Waals surface area contributed by atoms with E-state index >= 15 is 0 Å². The molecular weight excluding hydrogens is 344 g/mol. The van der Waals surface area contributed by atoms with Crippen LogP contribution in [0.4, 0.5) is 0 Å². The van der Waals surface area contributed by atoms with Crippen LogP contribution >= 0.6 is 31.9 Å². The highest BCUT2D eigenvalue weighted by Gasteiger charge is 2.12. The SMILES string of the molecule is OC(Cc1ccccc1)c1cc(Br)ccc1Br. The molecule has 1 N–H and O–H groups in total. The van der Waals surface area contributed by atoms with Crippen LogP contribution in [0.3, 0.4) is 0 Å². The van der Waals surface area contributed by atoms with E-state index in [1.165, 1.54) is 0 Å². The van der Waals surface area contributed by atoms with Gasteiger partial charge in [-0.05, 0) is 29.3 Å². The van der Waals surface area contributed by atoms with Crippen LogP contribution in [-0.2, 0) is 6.42 Å². The molecule has 2 aromatic carbocycles. The lowest BCUT2D eigenvalue weighted by molar-refractivity contribution is 0.177. The van der Waals surface area contributed by atoms with E-state index in [1.807, 2.05) is 48.5 Å². The summed E-state index contributed by atoms with van der Waals surface area (Å²) < 4.78 is 1.91. The van der Waals surface area contributed by atoms with Gasteiger partial charge in [0.25, 0.3) is 0 Å². The molecule has 0 heterocycles. The van der Waals surface area contributed by atoms with Crippen molar-refractivity contribution in [2.75, 3.05) is 0 Å². The van der Waals surface area contributed by atoms with Gasteiger partial charge < -0.3 is 5.11 Å². The molecule has 2 rings (SSSR count). The maximum Gasteiger partial charge on any atom is 0.0841 e. The maximum absolute atomic E-state index is 10.2. The van der Waals surface area contributed by atoms with Crippen molar-refractivity contribution in [1.29, 1.82) is 0 Å². The van der Waals surface area contributed by atoms with Gasteiger partial charge in [0.15, 0.2) is 0 Å². The first-order valence-electron chi connectivity index (χ1n) is 5.34. The van der Waals surface area contributed by atoms with Crippen LogP contribution < -0.4 is 0 Å². The van der Waals surface area contributed by atoms with Gasteiger partial charge in [-0.3, -0.25) is 0 Å². The Morgan fingerprint density at radius 3 is 2.41 bits per heavy atom. The average Bonchev–Trinajstić information content (AvgIpc) is 2.33. The third-order valence-corrected chi connectivity index (χ3v) is 3.80. The Kier molecular flexibility index (Phi) is 4.37. The molecule has 0 spiro atoms. The molecule has 0 aliphatic heterocycles. The van der Waals surface area contributed by atoms with Crippen molar-refractivity contribution in [3.8, 4) is 0 Å². The first kappa shape index (κ1) is 12.8. The zero-order valence-electron chi connectivity index (χ0n) is 9.11. The van der Waals surface area contributed by atoms with Gasteiger partial charge in [0.1, 0.15) is 0 Å². The lowest BCUT2D eigenvalue weighted by Gasteiger charge is -2.13. The van der Waals surface area contributed by atoms with E-state index in [0.717, 1.165) is 20.1 Å². The van der Waals surface area contributed by atoms with Gasteiger partial charge >= 0.3 is 0 Å². The van der Waals surface area contributed by atoms with E-state index in [-0.39, 0.29) is 0 Å². The fourth-order valence-electron chi connectivity index (χ4n) is 1.72. The molecule has 88 valence electrons. The average molecular weight is 356 g/mol. The van der Waals surface area contributed by atoms with Crippen molar-refractivity contribution in [1.82, 2.24) is 0 Å². The van der Waals surface area contributed by atoms with Gasteiger partial charge in [-0.15, -0.1) is 0 Å². The van der Waals surface area contributed by atoms with Crippen LogP contribution in [0.15, 0.2) is 57.5 Å². The Labute approximate surface area is 118 Å². The smallest absolute Gasteiger partial charge is 0.0841 e. The quantitative estimate of drug-likeness (QED) is 0.860. The zero-order valence-corrected chi connectivity index (χ0v) is 12.3. The van der Waals surface area contributed by atoms with E-state index < -0.39 is 6.10 Å². The molecule has 3 heteroatoms. The summed E-state index contributed by atoms with van der Waals surface area (Å²) in [6.07, 6.45) is 0.125. The molecule has 17 heavy (non-hydrogen) atoms. The molecule has 2 aromatic rings. The Bertz CT molecular complexity index is 497. The molecule has 0 radical (unpaired) electrons. The third-order valence-electron chi connectivity index (χ3n) is 2.59. The maximum atomic E-state index is 10.2. The second-order valence-corrected chi connectivity index (χ2v) is 5.64. The Balaban J connectivity index is 2.20. The van der Waals surface area contributed by atoms with Crippen molar-refractivity contribution in [2.24, 2.45) is 0 Å². The van der Waals surface area contributed by atoms with E-state index in [9.17, 15) is 5.11 Å². The minimum Gasteiger partial charge on any atom is -0.388 e. The Hall–Kier alpha value is -0.640. The summed E-state index contributed by atoms with van der Waals surface area (Å²) in [4.78, 5) is 0. The summed E-state index contributed by atoms with van der Waals surface area (Å²) >= 11 is 6.88.